The number of nitriles is 2. The summed E-state index contributed by atoms with van der Waals surface area (Å²) in [4.78, 5) is 0. The Morgan fingerprint density at radius 3 is 1.80 bits per heavy atom. The molecule has 4 nitrogen and oxygen atoms in total. The quantitative estimate of drug-likeness (QED) is 0.196. The average Bonchev–Trinajstić information content (AvgIpc) is 3.67. The average molecular weight is 625 g/mol. The molecule has 9 rings (SSSR count). The number of aromatic nitrogens is 2. The Hall–Kier alpha value is -6.88. The molecule has 0 bridgehead atoms. The third-order valence-electron chi connectivity index (χ3n) is 9.66. The van der Waals surface area contributed by atoms with Crippen LogP contribution in [-0.2, 0) is 0 Å². The van der Waals surface area contributed by atoms with E-state index in [0.29, 0.717) is 11.1 Å². The van der Waals surface area contributed by atoms with Gasteiger partial charge in [-0.3, -0.25) is 0 Å². The molecule has 0 aliphatic rings. The topological polar surface area (TPSA) is 57.4 Å². The maximum absolute atomic E-state index is 10.5. The van der Waals surface area contributed by atoms with Crippen molar-refractivity contribution >= 4 is 43.6 Å². The molecule has 49 heavy (non-hydrogen) atoms. The maximum Gasteiger partial charge on any atom is 0.101 e. The highest BCUT2D eigenvalue weighted by Gasteiger charge is 2.21. The third kappa shape index (κ3) is 4.29. The largest absolute Gasteiger partial charge is 0.309 e. The highest BCUT2D eigenvalue weighted by Crippen LogP contribution is 2.42. The third-order valence-corrected chi connectivity index (χ3v) is 9.66. The Labute approximate surface area is 283 Å². The second kappa shape index (κ2) is 11.1. The molecule has 0 saturated heterocycles. The Morgan fingerprint density at radius 2 is 1.04 bits per heavy atom. The van der Waals surface area contributed by atoms with Crippen LogP contribution in [0.2, 0.25) is 0 Å². The standard InChI is InChI=1S/C45H28N4/c1-29-23-24-42-39(25-29)44-31(27-46)12-10-22-43(44)48(42)33-14-8-11-30(26-33)34-15-2-3-16-35(34)38-19-9-13-32(28-47)45(38)49-40-20-6-4-17-36(40)37-18-5-7-21-41(37)49/h2-26H,1H3. The van der Waals surface area contributed by atoms with E-state index in [1.165, 1.54) is 0 Å². The summed E-state index contributed by atoms with van der Waals surface area (Å²) in [6.45, 7) is 2.09. The fourth-order valence-corrected chi connectivity index (χ4v) is 7.59. The van der Waals surface area contributed by atoms with E-state index >= 15 is 0 Å². The van der Waals surface area contributed by atoms with Crippen LogP contribution in [0.25, 0.3) is 77.2 Å². The molecule has 4 heteroatoms. The number of rotatable bonds is 4. The molecule has 0 saturated carbocycles. The van der Waals surface area contributed by atoms with Crippen molar-refractivity contribution in [1.82, 2.24) is 9.13 Å². The van der Waals surface area contributed by atoms with Gasteiger partial charge in [0.15, 0.2) is 0 Å². The monoisotopic (exact) mass is 624 g/mol. The van der Waals surface area contributed by atoms with E-state index in [-0.39, 0.29) is 0 Å². The first-order valence-electron chi connectivity index (χ1n) is 16.3. The summed E-state index contributed by atoms with van der Waals surface area (Å²) in [5.74, 6) is 0. The number of aryl methyl sites for hydroxylation is 1. The molecule has 0 atom stereocenters. The van der Waals surface area contributed by atoms with Crippen molar-refractivity contribution in [1.29, 1.82) is 10.5 Å². The molecule has 0 N–H and O–H groups in total. The molecule has 0 fully saturated rings. The minimum absolute atomic E-state index is 0.612. The van der Waals surface area contributed by atoms with Crippen LogP contribution in [0.1, 0.15) is 16.7 Å². The fraction of sp³-hybridized carbons (Fsp3) is 0.0222. The molecule has 0 amide bonds. The van der Waals surface area contributed by atoms with E-state index in [0.717, 1.165) is 82.8 Å². The van der Waals surface area contributed by atoms with Crippen molar-refractivity contribution in [2.45, 2.75) is 6.92 Å². The van der Waals surface area contributed by atoms with Gasteiger partial charge in [-0.2, -0.15) is 10.5 Å². The van der Waals surface area contributed by atoms with Gasteiger partial charge in [0, 0.05) is 32.8 Å². The summed E-state index contributed by atoms with van der Waals surface area (Å²) in [7, 11) is 0. The van der Waals surface area contributed by atoms with Crippen molar-refractivity contribution in [3.8, 4) is 45.8 Å². The highest BCUT2D eigenvalue weighted by atomic mass is 15.0. The van der Waals surface area contributed by atoms with Gasteiger partial charge in [-0.25, -0.2) is 0 Å². The molecule has 0 unspecified atom stereocenters. The van der Waals surface area contributed by atoms with Gasteiger partial charge in [0.1, 0.15) is 6.07 Å². The van der Waals surface area contributed by atoms with Gasteiger partial charge >= 0.3 is 0 Å². The van der Waals surface area contributed by atoms with Crippen LogP contribution < -0.4 is 0 Å². The smallest absolute Gasteiger partial charge is 0.101 e. The molecule has 2 aromatic heterocycles. The Balaban J connectivity index is 1.29. The van der Waals surface area contributed by atoms with Gasteiger partial charge < -0.3 is 9.13 Å². The Morgan fingerprint density at radius 1 is 0.449 bits per heavy atom. The summed E-state index contributed by atoms with van der Waals surface area (Å²) in [6, 6.07) is 57.2. The van der Waals surface area contributed by atoms with Gasteiger partial charge in [0.2, 0.25) is 0 Å². The molecular formula is C45H28N4. The van der Waals surface area contributed by atoms with E-state index in [1.807, 2.05) is 24.3 Å². The van der Waals surface area contributed by atoms with Crippen LogP contribution in [-0.4, -0.2) is 9.13 Å². The van der Waals surface area contributed by atoms with E-state index in [9.17, 15) is 10.5 Å². The first kappa shape index (κ1) is 28.4. The SMILES string of the molecule is Cc1ccc2c(c1)c1c(C#N)cccc1n2-c1cccc(-c2ccccc2-c2cccc(C#N)c2-n2c3ccccc3c3ccccc32)c1. The normalized spacial score (nSPS) is 11.3. The maximum atomic E-state index is 10.5. The van der Waals surface area contributed by atoms with Gasteiger partial charge in [0.05, 0.1) is 45.0 Å². The fourth-order valence-electron chi connectivity index (χ4n) is 7.59. The van der Waals surface area contributed by atoms with Gasteiger partial charge in [-0.05, 0) is 78.2 Å². The molecular weight excluding hydrogens is 597 g/mol. The molecule has 2 heterocycles. The second-order valence-electron chi connectivity index (χ2n) is 12.4. The zero-order chi connectivity index (χ0) is 33.1. The molecule has 0 aliphatic heterocycles. The van der Waals surface area contributed by atoms with Crippen LogP contribution in [0.15, 0.2) is 152 Å². The zero-order valence-corrected chi connectivity index (χ0v) is 26.7. The minimum atomic E-state index is 0.612. The van der Waals surface area contributed by atoms with Crippen molar-refractivity contribution in [2.24, 2.45) is 0 Å². The number of benzene rings is 7. The van der Waals surface area contributed by atoms with Crippen molar-refractivity contribution in [3.63, 3.8) is 0 Å². The van der Waals surface area contributed by atoms with Crippen LogP contribution in [0.5, 0.6) is 0 Å². The van der Waals surface area contributed by atoms with E-state index in [4.69, 9.17) is 0 Å². The molecule has 9 aromatic rings. The van der Waals surface area contributed by atoms with E-state index in [2.05, 4.69) is 156 Å². The lowest BCUT2D eigenvalue weighted by atomic mass is 9.92. The van der Waals surface area contributed by atoms with Crippen LogP contribution in [0, 0.1) is 29.6 Å². The van der Waals surface area contributed by atoms with Crippen molar-refractivity contribution in [3.05, 3.63) is 168 Å². The van der Waals surface area contributed by atoms with Crippen LogP contribution in [0.3, 0.4) is 0 Å². The zero-order valence-electron chi connectivity index (χ0n) is 26.7. The number of para-hydroxylation sites is 3. The highest BCUT2D eigenvalue weighted by molar-refractivity contribution is 6.12. The van der Waals surface area contributed by atoms with Crippen LogP contribution in [0.4, 0.5) is 0 Å². The summed E-state index contributed by atoms with van der Waals surface area (Å²) in [5.41, 5.74) is 12.6. The predicted molar refractivity (Wildman–Crippen MR) is 200 cm³/mol. The van der Waals surface area contributed by atoms with Gasteiger partial charge in [-0.15, -0.1) is 0 Å². The lowest BCUT2D eigenvalue weighted by Crippen LogP contribution is -2.01. The summed E-state index contributed by atoms with van der Waals surface area (Å²) >= 11 is 0. The molecule has 0 radical (unpaired) electrons. The van der Waals surface area contributed by atoms with Crippen molar-refractivity contribution < 1.29 is 0 Å². The number of hydrogen-bond donors (Lipinski definition) is 0. The van der Waals surface area contributed by atoms with Gasteiger partial charge in [0.25, 0.3) is 0 Å². The van der Waals surface area contributed by atoms with Gasteiger partial charge in [-0.1, -0.05) is 103 Å². The summed E-state index contributed by atoms with van der Waals surface area (Å²) < 4.78 is 4.51. The lowest BCUT2D eigenvalue weighted by molar-refractivity contribution is 1.17. The molecule has 7 aromatic carbocycles. The first-order chi connectivity index (χ1) is 24.2. The Kier molecular flexibility index (Phi) is 6.44. The van der Waals surface area contributed by atoms with Crippen LogP contribution >= 0.6 is 0 Å². The predicted octanol–water partition coefficient (Wildman–Crippen LogP) is 11.3. The summed E-state index contributed by atoms with van der Waals surface area (Å²) in [5, 5.41) is 24.9. The first-order valence-corrected chi connectivity index (χ1v) is 16.3. The number of nitrogens with zero attached hydrogens (tertiary/aromatic N) is 4. The molecule has 228 valence electrons. The lowest BCUT2D eigenvalue weighted by Gasteiger charge is -2.18. The summed E-state index contributed by atoms with van der Waals surface area (Å²) in [6.07, 6.45) is 0. The minimum Gasteiger partial charge on any atom is -0.309 e. The molecule has 0 spiro atoms. The van der Waals surface area contributed by atoms with E-state index in [1.54, 1.807) is 0 Å². The second-order valence-corrected chi connectivity index (χ2v) is 12.4. The van der Waals surface area contributed by atoms with E-state index < -0.39 is 0 Å². The number of fused-ring (bicyclic) bond motifs is 6. The van der Waals surface area contributed by atoms with Crippen molar-refractivity contribution in [2.75, 3.05) is 0 Å². The molecule has 0 aliphatic carbocycles. The number of hydrogen-bond acceptors (Lipinski definition) is 2. The Bertz CT molecular complexity index is 2820.